The number of benzene rings is 1. The number of carbonyl (C=O) groups excluding carboxylic acids is 1. The number of halogens is 1. The molecule has 1 heterocycles. The lowest BCUT2D eigenvalue weighted by Gasteiger charge is -2.27. The van der Waals surface area contributed by atoms with Crippen LogP contribution in [0.15, 0.2) is 18.2 Å². The molecule has 2 rings (SSSR count). The molecule has 0 saturated heterocycles. The second kappa shape index (κ2) is 5.62. The first-order chi connectivity index (χ1) is 9.34. The predicted molar refractivity (Wildman–Crippen MR) is 87.6 cm³/mol. The van der Waals surface area contributed by atoms with Crippen LogP contribution in [0.2, 0.25) is 5.02 Å². The maximum Gasteiger partial charge on any atom is 0.266 e. The van der Waals surface area contributed by atoms with Gasteiger partial charge in [0, 0.05) is 23.2 Å². The Balaban J connectivity index is 2.46. The van der Waals surface area contributed by atoms with E-state index in [-0.39, 0.29) is 11.9 Å². The maximum atomic E-state index is 12.6. The van der Waals surface area contributed by atoms with E-state index in [0.717, 1.165) is 10.1 Å². The van der Waals surface area contributed by atoms with Crippen LogP contribution in [-0.2, 0) is 0 Å². The van der Waals surface area contributed by atoms with Gasteiger partial charge in [-0.05, 0) is 25.0 Å². The largest absolute Gasteiger partial charge is 0.397 e. The monoisotopic (exact) mass is 310 g/mol. The first-order valence-electron chi connectivity index (χ1n) is 6.58. The minimum atomic E-state index is -0.0408. The van der Waals surface area contributed by atoms with Crippen molar-refractivity contribution in [3.8, 4) is 0 Å². The molecule has 1 atom stereocenters. The molecule has 0 saturated carbocycles. The summed E-state index contributed by atoms with van der Waals surface area (Å²) in [5.74, 6) is 0.351. The van der Waals surface area contributed by atoms with E-state index < -0.39 is 0 Å². The predicted octanol–water partition coefficient (Wildman–Crippen LogP) is 4.25. The number of thiophene rings is 1. The zero-order valence-corrected chi connectivity index (χ0v) is 13.7. The van der Waals surface area contributed by atoms with Gasteiger partial charge in [0.15, 0.2) is 0 Å². The number of amides is 1. The smallest absolute Gasteiger partial charge is 0.266 e. The minimum absolute atomic E-state index is 0.0408. The van der Waals surface area contributed by atoms with Gasteiger partial charge in [0.25, 0.3) is 5.91 Å². The molecule has 3 nitrogen and oxygen atoms in total. The number of rotatable bonds is 3. The van der Waals surface area contributed by atoms with E-state index in [4.69, 9.17) is 17.3 Å². The van der Waals surface area contributed by atoms with E-state index >= 15 is 0 Å². The zero-order valence-electron chi connectivity index (χ0n) is 12.1. The van der Waals surface area contributed by atoms with Crippen molar-refractivity contribution >= 4 is 44.6 Å². The molecule has 2 aromatic rings. The quantitative estimate of drug-likeness (QED) is 0.921. The Hall–Kier alpha value is -1.26. The van der Waals surface area contributed by atoms with Crippen LogP contribution < -0.4 is 5.73 Å². The second-order valence-electron chi connectivity index (χ2n) is 5.36. The van der Waals surface area contributed by atoms with Crippen molar-refractivity contribution in [3.05, 3.63) is 28.1 Å². The highest BCUT2D eigenvalue weighted by Gasteiger charge is 2.24. The lowest BCUT2D eigenvalue weighted by molar-refractivity contribution is 0.0713. The topological polar surface area (TPSA) is 46.3 Å². The van der Waals surface area contributed by atoms with Crippen molar-refractivity contribution in [2.24, 2.45) is 5.92 Å². The first kappa shape index (κ1) is 15.1. The van der Waals surface area contributed by atoms with Gasteiger partial charge in [0.05, 0.1) is 10.7 Å². The van der Waals surface area contributed by atoms with Crippen molar-refractivity contribution in [3.63, 3.8) is 0 Å². The SMILES string of the molecule is CC(C)C(C)N(C)C(=O)c1sc2cccc(Cl)c2c1N. The summed E-state index contributed by atoms with van der Waals surface area (Å²) in [7, 11) is 1.82. The van der Waals surface area contributed by atoms with Gasteiger partial charge in [0.1, 0.15) is 4.88 Å². The summed E-state index contributed by atoms with van der Waals surface area (Å²) in [5, 5.41) is 1.38. The molecule has 0 radical (unpaired) electrons. The highest BCUT2D eigenvalue weighted by atomic mass is 35.5. The van der Waals surface area contributed by atoms with E-state index in [0.29, 0.717) is 21.5 Å². The van der Waals surface area contributed by atoms with Gasteiger partial charge in [-0.3, -0.25) is 4.79 Å². The summed E-state index contributed by atoms with van der Waals surface area (Å²) in [5.41, 5.74) is 6.62. The number of nitrogens with two attached hydrogens (primary N) is 1. The highest BCUT2D eigenvalue weighted by molar-refractivity contribution is 7.21. The molecule has 1 aromatic heterocycles. The molecule has 1 unspecified atom stereocenters. The fourth-order valence-corrected chi connectivity index (χ4v) is 3.54. The van der Waals surface area contributed by atoms with Crippen molar-refractivity contribution < 1.29 is 4.79 Å². The minimum Gasteiger partial charge on any atom is -0.397 e. The van der Waals surface area contributed by atoms with Crippen molar-refractivity contribution in [2.75, 3.05) is 12.8 Å². The van der Waals surface area contributed by atoms with Crippen LogP contribution in [0.5, 0.6) is 0 Å². The summed E-state index contributed by atoms with van der Waals surface area (Å²) >= 11 is 7.58. The molecule has 2 N–H and O–H groups in total. The van der Waals surface area contributed by atoms with E-state index in [1.54, 1.807) is 11.0 Å². The van der Waals surface area contributed by atoms with E-state index in [1.165, 1.54) is 11.3 Å². The third kappa shape index (κ3) is 2.50. The highest BCUT2D eigenvalue weighted by Crippen LogP contribution is 2.38. The van der Waals surface area contributed by atoms with Crippen molar-refractivity contribution in [1.82, 2.24) is 4.90 Å². The van der Waals surface area contributed by atoms with Gasteiger partial charge in [-0.1, -0.05) is 31.5 Å². The molecule has 0 bridgehead atoms. The lowest BCUT2D eigenvalue weighted by atomic mass is 10.1. The standard InChI is InChI=1S/C15H19ClN2OS/c1-8(2)9(3)18(4)15(19)14-13(17)12-10(16)6-5-7-11(12)20-14/h5-9H,17H2,1-4H3. The van der Waals surface area contributed by atoms with E-state index in [9.17, 15) is 4.79 Å². The third-order valence-electron chi connectivity index (χ3n) is 3.79. The average molecular weight is 311 g/mol. The fraction of sp³-hybridized carbons (Fsp3) is 0.400. The first-order valence-corrected chi connectivity index (χ1v) is 7.77. The number of fused-ring (bicyclic) bond motifs is 1. The summed E-state index contributed by atoms with van der Waals surface area (Å²) in [6, 6.07) is 5.75. The molecule has 0 fully saturated rings. The molecule has 20 heavy (non-hydrogen) atoms. The average Bonchev–Trinajstić information content (AvgIpc) is 2.74. The van der Waals surface area contributed by atoms with E-state index in [1.807, 2.05) is 26.1 Å². The number of anilines is 1. The molecule has 0 aliphatic rings. The molecule has 1 aromatic carbocycles. The Morgan fingerprint density at radius 2 is 2.00 bits per heavy atom. The molecular formula is C15H19ClN2OS. The number of nitrogen functional groups attached to an aromatic ring is 1. The Morgan fingerprint density at radius 3 is 2.55 bits per heavy atom. The van der Waals surface area contributed by atoms with Crippen LogP contribution in [0.1, 0.15) is 30.4 Å². The zero-order chi connectivity index (χ0) is 15.0. The Bertz CT molecular complexity index is 651. The fourth-order valence-electron chi connectivity index (χ4n) is 2.08. The molecule has 1 amide bonds. The molecule has 108 valence electrons. The van der Waals surface area contributed by atoms with Crippen LogP contribution in [-0.4, -0.2) is 23.9 Å². The summed E-state index contributed by atoms with van der Waals surface area (Å²) in [6.07, 6.45) is 0. The normalized spacial score (nSPS) is 12.9. The number of carbonyl (C=O) groups is 1. The molecule has 0 aliphatic carbocycles. The van der Waals surface area contributed by atoms with Crippen LogP contribution in [0.25, 0.3) is 10.1 Å². The van der Waals surface area contributed by atoms with E-state index in [2.05, 4.69) is 13.8 Å². The van der Waals surface area contributed by atoms with Crippen LogP contribution in [0, 0.1) is 5.92 Å². The van der Waals surface area contributed by atoms with Gasteiger partial charge in [-0.15, -0.1) is 11.3 Å². The Kier molecular flexibility index (Phi) is 4.25. The van der Waals surface area contributed by atoms with Crippen LogP contribution in [0.3, 0.4) is 0 Å². The Morgan fingerprint density at radius 1 is 1.35 bits per heavy atom. The van der Waals surface area contributed by atoms with Crippen molar-refractivity contribution in [1.29, 1.82) is 0 Å². The van der Waals surface area contributed by atoms with Crippen LogP contribution in [0.4, 0.5) is 5.69 Å². The van der Waals surface area contributed by atoms with Gasteiger partial charge < -0.3 is 10.6 Å². The number of nitrogens with zero attached hydrogens (tertiary/aromatic N) is 1. The summed E-state index contributed by atoms with van der Waals surface area (Å²) in [6.45, 7) is 6.23. The van der Waals surface area contributed by atoms with Gasteiger partial charge in [-0.2, -0.15) is 0 Å². The third-order valence-corrected chi connectivity index (χ3v) is 5.27. The maximum absolute atomic E-state index is 12.6. The summed E-state index contributed by atoms with van der Waals surface area (Å²) in [4.78, 5) is 14.9. The number of hydrogen-bond donors (Lipinski definition) is 1. The lowest BCUT2D eigenvalue weighted by Crippen LogP contribution is -2.38. The Labute approximate surface area is 128 Å². The number of hydrogen-bond acceptors (Lipinski definition) is 3. The molecule has 0 aliphatic heterocycles. The van der Waals surface area contributed by atoms with Gasteiger partial charge in [0.2, 0.25) is 0 Å². The van der Waals surface area contributed by atoms with Crippen LogP contribution >= 0.6 is 22.9 Å². The molecule has 0 spiro atoms. The molecular weight excluding hydrogens is 292 g/mol. The van der Waals surface area contributed by atoms with Gasteiger partial charge in [-0.25, -0.2) is 0 Å². The van der Waals surface area contributed by atoms with Crippen molar-refractivity contribution in [2.45, 2.75) is 26.8 Å². The second-order valence-corrected chi connectivity index (χ2v) is 6.82. The molecule has 5 heteroatoms. The summed E-state index contributed by atoms with van der Waals surface area (Å²) < 4.78 is 0.948. The van der Waals surface area contributed by atoms with Gasteiger partial charge >= 0.3 is 0 Å².